The Morgan fingerprint density at radius 1 is 1.31 bits per heavy atom. The SMILES string of the molecule is COCOc1ccccc1CCO. The zero-order valence-electron chi connectivity index (χ0n) is 7.69. The zero-order valence-corrected chi connectivity index (χ0v) is 7.69. The number of ether oxygens (including phenoxy) is 2. The molecule has 1 rings (SSSR count). The number of para-hydroxylation sites is 1. The highest BCUT2D eigenvalue weighted by molar-refractivity contribution is 5.33. The maximum atomic E-state index is 8.78. The summed E-state index contributed by atoms with van der Waals surface area (Å²) in [6.45, 7) is 0.371. The van der Waals surface area contributed by atoms with Crippen LogP contribution in [0.1, 0.15) is 5.56 Å². The van der Waals surface area contributed by atoms with Gasteiger partial charge >= 0.3 is 0 Å². The van der Waals surface area contributed by atoms with Crippen LogP contribution in [0, 0.1) is 0 Å². The van der Waals surface area contributed by atoms with Crippen molar-refractivity contribution < 1.29 is 14.6 Å². The monoisotopic (exact) mass is 182 g/mol. The maximum absolute atomic E-state index is 8.78. The van der Waals surface area contributed by atoms with Crippen molar-refractivity contribution in [1.29, 1.82) is 0 Å². The van der Waals surface area contributed by atoms with Crippen LogP contribution in [-0.2, 0) is 11.2 Å². The number of hydrogen-bond donors (Lipinski definition) is 1. The quantitative estimate of drug-likeness (QED) is 0.695. The van der Waals surface area contributed by atoms with E-state index in [1.807, 2.05) is 24.3 Å². The van der Waals surface area contributed by atoms with Gasteiger partial charge in [-0.1, -0.05) is 18.2 Å². The number of benzene rings is 1. The molecule has 1 aromatic carbocycles. The molecule has 3 heteroatoms. The van der Waals surface area contributed by atoms with E-state index in [-0.39, 0.29) is 13.4 Å². The van der Waals surface area contributed by atoms with Gasteiger partial charge in [-0.2, -0.15) is 0 Å². The van der Waals surface area contributed by atoms with Crippen LogP contribution in [-0.4, -0.2) is 25.6 Å². The third kappa shape index (κ3) is 3.05. The van der Waals surface area contributed by atoms with E-state index >= 15 is 0 Å². The number of aliphatic hydroxyl groups excluding tert-OH is 1. The Kier molecular flexibility index (Phi) is 4.29. The first-order valence-corrected chi connectivity index (χ1v) is 4.19. The second-order valence-corrected chi connectivity index (χ2v) is 2.63. The Balaban J connectivity index is 2.66. The fourth-order valence-electron chi connectivity index (χ4n) is 1.09. The van der Waals surface area contributed by atoms with Gasteiger partial charge in [0.25, 0.3) is 0 Å². The summed E-state index contributed by atoms with van der Waals surface area (Å²) in [5.74, 6) is 0.776. The molecule has 1 N–H and O–H groups in total. The van der Waals surface area contributed by atoms with E-state index in [9.17, 15) is 0 Å². The Morgan fingerprint density at radius 3 is 2.77 bits per heavy atom. The maximum Gasteiger partial charge on any atom is 0.188 e. The third-order valence-electron chi connectivity index (χ3n) is 1.69. The molecule has 13 heavy (non-hydrogen) atoms. The van der Waals surface area contributed by atoms with Crippen molar-refractivity contribution >= 4 is 0 Å². The van der Waals surface area contributed by atoms with Crippen LogP contribution in [0.3, 0.4) is 0 Å². The average molecular weight is 182 g/mol. The van der Waals surface area contributed by atoms with Gasteiger partial charge in [-0.3, -0.25) is 0 Å². The summed E-state index contributed by atoms with van der Waals surface area (Å²) >= 11 is 0. The first kappa shape index (κ1) is 10.0. The molecule has 0 aliphatic carbocycles. The number of hydrogen-bond acceptors (Lipinski definition) is 3. The molecule has 0 amide bonds. The highest BCUT2D eigenvalue weighted by Crippen LogP contribution is 2.17. The number of rotatable bonds is 5. The fourth-order valence-corrected chi connectivity index (χ4v) is 1.09. The molecule has 0 radical (unpaired) electrons. The van der Waals surface area contributed by atoms with Gasteiger partial charge in [-0.15, -0.1) is 0 Å². The Morgan fingerprint density at radius 2 is 2.08 bits per heavy atom. The summed E-state index contributed by atoms with van der Waals surface area (Å²) in [5, 5.41) is 8.78. The number of methoxy groups -OCH3 is 1. The molecule has 0 aromatic heterocycles. The lowest BCUT2D eigenvalue weighted by molar-refractivity contribution is 0.0502. The smallest absolute Gasteiger partial charge is 0.188 e. The van der Waals surface area contributed by atoms with E-state index in [4.69, 9.17) is 14.6 Å². The second kappa shape index (κ2) is 5.56. The van der Waals surface area contributed by atoms with Crippen LogP contribution >= 0.6 is 0 Å². The fraction of sp³-hybridized carbons (Fsp3) is 0.400. The Labute approximate surface area is 77.9 Å². The lowest BCUT2D eigenvalue weighted by Gasteiger charge is -2.08. The molecular weight excluding hydrogens is 168 g/mol. The van der Waals surface area contributed by atoms with Crippen molar-refractivity contribution in [2.75, 3.05) is 20.5 Å². The molecule has 1 aromatic rings. The molecule has 0 heterocycles. The van der Waals surface area contributed by atoms with Crippen LogP contribution in [0.25, 0.3) is 0 Å². The van der Waals surface area contributed by atoms with Crippen LogP contribution in [0.5, 0.6) is 5.75 Å². The lowest BCUT2D eigenvalue weighted by Crippen LogP contribution is -2.02. The first-order valence-electron chi connectivity index (χ1n) is 4.19. The minimum atomic E-state index is 0.132. The average Bonchev–Trinajstić information content (AvgIpc) is 2.17. The molecule has 0 saturated carbocycles. The van der Waals surface area contributed by atoms with Gasteiger partial charge in [-0.05, 0) is 18.1 Å². The minimum Gasteiger partial charge on any atom is -0.467 e. The summed E-state index contributed by atoms with van der Waals surface area (Å²) in [6, 6.07) is 7.61. The topological polar surface area (TPSA) is 38.7 Å². The molecule has 0 aliphatic heterocycles. The normalized spacial score (nSPS) is 10.0. The van der Waals surface area contributed by atoms with Crippen LogP contribution < -0.4 is 4.74 Å². The van der Waals surface area contributed by atoms with Gasteiger partial charge in [0, 0.05) is 13.7 Å². The molecule has 0 saturated heterocycles. The summed E-state index contributed by atoms with van der Waals surface area (Å²) in [7, 11) is 1.58. The van der Waals surface area contributed by atoms with E-state index in [0.717, 1.165) is 11.3 Å². The van der Waals surface area contributed by atoms with Crippen LogP contribution in [0.4, 0.5) is 0 Å². The highest BCUT2D eigenvalue weighted by atomic mass is 16.7. The van der Waals surface area contributed by atoms with Gasteiger partial charge in [0.1, 0.15) is 5.75 Å². The predicted molar refractivity (Wildman–Crippen MR) is 49.7 cm³/mol. The van der Waals surface area contributed by atoms with Crippen molar-refractivity contribution in [2.24, 2.45) is 0 Å². The minimum absolute atomic E-state index is 0.132. The predicted octanol–water partition coefficient (Wildman–Crippen LogP) is 1.20. The van der Waals surface area contributed by atoms with Crippen LogP contribution in [0.15, 0.2) is 24.3 Å². The van der Waals surface area contributed by atoms with E-state index in [1.54, 1.807) is 7.11 Å². The largest absolute Gasteiger partial charge is 0.467 e. The van der Waals surface area contributed by atoms with Crippen molar-refractivity contribution in [1.82, 2.24) is 0 Å². The molecule has 3 nitrogen and oxygen atoms in total. The summed E-state index contributed by atoms with van der Waals surface area (Å²) in [5.41, 5.74) is 1.00. The summed E-state index contributed by atoms with van der Waals surface area (Å²) in [6.07, 6.45) is 0.611. The zero-order chi connectivity index (χ0) is 9.52. The van der Waals surface area contributed by atoms with Crippen molar-refractivity contribution in [3.05, 3.63) is 29.8 Å². The van der Waals surface area contributed by atoms with Crippen molar-refractivity contribution in [2.45, 2.75) is 6.42 Å². The van der Waals surface area contributed by atoms with Crippen molar-refractivity contribution in [3.8, 4) is 5.75 Å². The number of aliphatic hydroxyl groups is 1. The molecule has 0 spiro atoms. The summed E-state index contributed by atoms with van der Waals surface area (Å²) in [4.78, 5) is 0. The van der Waals surface area contributed by atoms with Gasteiger partial charge < -0.3 is 14.6 Å². The van der Waals surface area contributed by atoms with Crippen LogP contribution in [0.2, 0.25) is 0 Å². The van der Waals surface area contributed by atoms with E-state index in [2.05, 4.69) is 0 Å². The molecule has 0 fully saturated rings. The molecule has 0 bridgehead atoms. The highest BCUT2D eigenvalue weighted by Gasteiger charge is 2.00. The standard InChI is InChI=1S/C10H14O3/c1-12-8-13-10-5-3-2-4-9(10)6-7-11/h2-5,11H,6-8H2,1H3. The molecule has 72 valence electrons. The first-order chi connectivity index (χ1) is 6.38. The molecule has 0 unspecified atom stereocenters. The third-order valence-corrected chi connectivity index (χ3v) is 1.69. The Bertz CT molecular complexity index is 248. The molecular formula is C10H14O3. The van der Waals surface area contributed by atoms with E-state index < -0.39 is 0 Å². The van der Waals surface area contributed by atoms with Gasteiger partial charge in [0.2, 0.25) is 0 Å². The van der Waals surface area contributed by atoms with Gasteiger partial charge in [0.05, 0.1) is 0 Å². The van der Waals surface area contributed by atoms with Gasteiger partial charge in [0.15, 0.2) is 6.79 Å². The van der Waals surface area contributed by atoms with Crippen molar-refractivity contribution in [3.63, 3.8) is 0 Å². The van der Waals surface area contributed by atoms with E-state index in [1.165, 1.54) is 0 Å². The second-order valence-electron chi connectivity index (χ2n) is 2.63. The Hall–Kier alpha value is -1.06. The van der Waals surface area contributed by atoms with Gasteiger partial charge in [-0.25, -0.2) is 0 Å². The molecule has 0 aliphatic rings. The lowest BCUT2D eigenvalue weighted by atomic mass is 10.1. The summed E-state index contributed by atoms with van der Waals surface area (Å²) < 4.78 is 10.1. The molecule has 0 atom stereocenters. The van der Waals surface area contributed by atoms with E-state index in [0.29, 0.717) is 6.42 Å².